The van der Waals surface area contributed by atoms with Crippen LogP contribution in [0.1, 0.15) is 73.9 Å². The summed E-state index contributed by atoms with van der Waals surface area (Å²) in [5.41, 5.74) is 9.89. The van der Waals surface area contributed by atoms with Crippen molar-refractivity contribution in [3.05, 3.63) is 59.4 Å². The lowest BCUT2D eigenvalue weighted by molar-refractivity contribution is 0.397. The standard InChI is InChI=1S/C26H32N4O/c1-3-22(27)19-10-11-23-21(16-19)26(29-25(28-23)18-8-9-18)30-14-12-17(13-15-30)20-6-4-5-7-24(20)31-2/h4-7,10-11,16-18,22H,3,8-9,12-15,27H2,1-2H3. The fourth-order valence-corrected chi connectivity index (χ4v) is 4.78. The van der Waals surface area contributed by atoms with Crippen molar-refractivity contribution in [3.8, 4) is 5.75 Å². The minimum Gasteiger partial charge on any atom is -0.496 e. The molecule has 3 aromatic rings. The highest BCUT2D eigenvalue weighted by atomic mass is 16.5. The first-order valence-electron chi connectivity index (χ1n) is 11.6. The molecular formula is C26H32N4O. The Labute approximate surface area is 184 Å². The van der Waals surface area contributed by atoms with Crippen LogP contribution >= 0.6 is 0 Å². The molecule has 0 radical (unpaired) electrons. The molecular weight excluding hydrogens is 384 g/mol. The van der Waals surface area contributed by atoms with Crippen LogP contribution in [0.5, 0.6) is 5.75 Å². The van der Waals surface area contributed by atoms with Gasteiger partial charge in [-0.05, 0) is 67.3 Å². The topological polar surface area (TPSA) is 64.3 Å². The van der Waals surface area contributed by atoms with Crippen LogP contribution in [0.2, 0.25) is 0 Å². The lowest BCUT2D eigenvalue weighted by atomic mass is 9.88. The van der Waals surface area contributed by atoms with Crippen LogP contribution in [0, 0.1) is 0 Å². The Hall–Kier alpha value is -2.66. The van der Waals surface area contributed by atoms with Gasteiger partial charge in [-0.25, -0.2) is 9.97 Å². The second-order valence-electron chi connectivity index (χ2n) is 8.97. The third kappa shape index (κ3) is 3.99. The van der Waals surface area contributed by atoms with Crippen LogP contribution in [-0.2, 0) is 0 Å². The molecule has 0 bridgehead atoms. The molecule has 5 rings (SSSR count). The first kappa shape index (κ1) is 20.3. The van der Waals surface area contributed by atoms with E-state index < -0.39 is 0 Å². The molecule has 2 N–H and O–H groups in total. The molecule has 5 heteroatoms. The molecule has 1 saturated carbocycles. The first-order valence-corrected chi connectivity index (χ1v) is 11.6. The molecule has 5 nitrogen and oxygen atoms in total. The summed E-state index contributed by atoms with van der Waals surface area (Å²) in [5.74, 6) is 4.17. The summed E-state index contributed by atoms with van der Waals surface area (Å²) in [6.45, 7) is 4.11. The average Bonchev–Trinajstić information content (AvgIpc) is 3.68. The second-order valence-corrected chi connectivity index (χ2v) is 8.97. The van der Waals surface area contributed by atoms with Crippen molar-refractivity contribution in [2.75, 3.05) is 25.1 Å². The molecule has 1 atom stereocenters. The van der Waals surface area contributed by atoms with E-state index in [2.05, 4.69) is 48.2 Å². The highest BCUT2D eigenvalue weighted by Gasteiger charge is 2.30. The van der Waals surface area contributed by atoms with Crippen molar-refractivity contribution in [1.82, 2.24) is 9.97 Å². The summed E-state index contributed by atoms with van der Waals surface area (Å²) in [6.07, 6.45) is 5.53. The number of hydrogen-bond acceptors (Lipinski definition) is 5. The van der Waals surface area contributed by atoms with Gasteiger partial charge in [-0.3, -0.25) is 0 Å². The first-order chi connectivity index (χ1) is 15.2. The van der Waals surface area contributed by atoms with E-state index in [-0.39, 0.29) is 6.04 Å². The number of rotatable bonds is 6. The van der Waals surface area contributed by atoms with Crippen molar-refractivity contribution >= 4 is 16.7 Å². The Morgan fingerprint density at radius 2 is 1.81 bits per heavy atom. The second kappa shape index (κ2) is 8.46. The number of fused-ring (bicyclic) bond motifs is 1. The molecule has 31 heavy (non-hydrogen) atoms. The summed E-state index contributed by atoms with van der Waals surface area (Å²) >= 11 is 0. The third-order valence-corrected chi connectivity index (χ3v) is 6.90. The van der Waals surface area contributed by atoms with E-state index in [4.69, 9.17) is 20.4 Å². The van der Waals surface area contributed by atoms with Gasteiger partial charge < -0.3 is 15.4 Å². The molecule has 1 aromatic heterocycles. The summed E-state index contributed by atoms with van der Waals surface area (Å²) in [4.78, 5) is 12.5. The van der Waals surface area contributed by atoms with Gasteiger partial charge in [0, 0.05) is 30.4 Å². The van der Waals surface area contributed by atoms with E-state index in [1.54, 1.807) is 7.11 Å². The van der Waals surface area contributed by atoms with Gasteiger partial charge in [-0.2, -0.15) is 0 Å². The molecule has 2 heterocycles. The van der Waals surface area contributed by atoms with Crippen LogP contribution in [0.3, 0.4) is 0 Å². The Morgan fingerprint density at radius 3 is 2.52 bits per heavy atom. The molecule has 0 amide bonds. The molecule has 2 fully saturated rings. The molecule has 2 aromatic carbocycles. The van der Waals surface area contributed by atoms with E-state index in [9.17, 15) is 0 Å². The SMILES string of the molecule is CCC(N)c1ccc2nc(C3CC3)nc(N3CCC(c4ccccc4OC)CC3)c2c1. The van der Waals surface area contributed by atoms with Crippen molar-refractivity contribution in [2.45, 2.75) is 56.9 Å². The molecule has 1 aliphatic heterocycles. The highest BCUT2D eigenvalue weighted by molar-refractivity contribution is 5.90. The van der Waals surface area contributed by atoms with Crippen LogP contribution in [0.15, 0.2) is 42.5 Å². The monoisotopic (exact) mass is 416 g/mol. The summed E-state index contributed by atoms with van der Waals surface area (Å²) in [7, 11) is 1.76. The van der Waals surface area contributed by atoms with Crippen molar-refractivity contribution in [3.63, 3.8) is 0 Å². The number of benzene rings is 2. The van der Waals surface area contributed by atoms with Crippen molar-refractivity contribution < 1.29 is 4.74 Å². The molecule has 1 aliphatic carbocycles. The predicted octanol–water partition coefficient (Wildman–Crippen LogP) is 5.31. The summed E-state index contributed by atoms with van der Waals surface area (Å²) in [6, 6.07) is 15.0. The zero-order valence-corrected chi connectivity index (χ0v) is 18.6. The summed E-state index contributed by atoms with van der Waals surface area (Å²) < 4.78 is 5.62. The highest BCUT2D eigenvalue weighted by Crippen LogP contribution is 2.41. The van der Waals surface area contributed by atoms with Gasteiger partial charge in [0.15, 0.2) is 0 Å². The van der Waals surface area contributed by atoms with E-state index in [1.165, 1.54) is 24.0 Å². The Morgan fingerprint density at radius 1 is 1.03 bits per heavy atom. The summed E-state index contributed by atoms with van der Waals surface area (Å²) in [5, 5.41) is 1.14. The normalized spacial score (nSPS) is 18.4. The minimum absolute atomic E-state index is 0.0524. The van der Waals surface area contributed by atoms with Crippen LogP contribution in [0.25, 0.3) is 10.9 Å². The minimum atomic E-state index is 0.0524. The molecule has 1 saturated heterocycles. The Balaban J connectivity index is 1.46. The number of hydrogen-bond donors (Lipinski definition) is 1. The fraction of sp³-hybridized carbons (Fsp3) is 0.462. The molecule has 0 spiro atoms. The van der Waals surface area contributed by atoms with Gasteiger partial charge in [0.25, 0.3) is 0 Å². The van der Waals surface area contributed by atoms with Crippen LogP contribution in [0.4, 0.5) is 5.82 Å². The average molecular weight is 417 g/mol. The van der Waals surface area contributed by atoms with Gasteiger partial charge >= 0.3 is 0 Å². The van der Waals surface area contributed by atoms with Gasteiger partial charge in [-0.15, -0.1) is 0 Å². The maximum atomic E-state index is 6.35. The van der Waals surface area contributed by atoms with E-state index in [1.807, 2.05) is 6.07 Å². The fourth-order valence-electron chi connectivity index (χ4n) is 4.78. The number of nitrogens with two attached hydrogens (primary N) is 1. The number of ether oxygens (including phenoxy) is 1. The third-order valence-electron chi connectivity index (χ3n) is 6.90. The van der Waals surface area contributed by atoms with E-state index in [0.29, 0.717) is 11.8 Å². The quantitative estimate of drug-likeness (QED) is 0.590. The largest absolute Gasteiger partial charge is 0.496 e. The predicted molar refractivity (Wildman–Crippen MR) is 126 cm³/mol. The zero-order chi connectivity index (χ0) is 21.4. The maximum Gasteiger partial charge on any atom is 0.140 e. The van der Waals surface area contributed by atoms with Crippen molar-refractivity contribution in [1.29, 1.82) is 0 Å². The lowest BCUT2D eigenvalue weighted by Crippen LogP contribution is -2.34. The van der Waals surface area contributed by atoms with Gasteiger partial charge in [0.2, 0.25) is 0 Å². The van der Waals surface area contributed by atoms with Crippen LogP contribution < -0.4 is 15.4 Å². The van der Waals surface area contributed by atoms with Gasteiger partial charge in [0.1, 0.15) is 17.4 Å². The molecule has 1 unspecified atom stereocenters. The number of anilines is 1. The van der Waals surface area contributed by atoms with Gasteiger partial charge in [0.05, 0.1) is 12.6 Å². The Bertz CT molecular complexity index is 1070. The number of piperidine rings is 1. The zero-order valence-electron chi connectivity index (χ0n) is 18.6. The number of methoxy groups -OCH3 is 1. The smallest absolute Gasteiger partial charge is 0.140 e. The van der Waals surface area contributed by atoms with E-state index >= 15 is 0 Å². The van der Waals surface area contributed by atoms with E-state index in [0.717, 1.165) is 60.6 Å². The number of nitrogens with zero attached hydrogens (tertiary/aromatic N) is 3. The lowest BCUT2D eigenvalue weighted by Gasteiger charge is -2.34. The Kier molecular flexibility index (Phi) is 5.53. The maximum absolute atomic E-state index is 6.35. The number of para-hydroxylation sites is 1. The number of aromatic nitrogens is 2. The van der Waals surface area contributed by atoms with Crippen molar-refractivity contribution in [2.24, 2.45) is 5.73 Å². The molecule has 2 aliphatic rings. The molecule has 162 valence electrons. The van der Waals surface area contributed by atoms with Gasteiger partial charge in [-0.1, -0.05) is 31.2 Å². The van der Waals surface area contributed by atoms with Crippen LogP contribution in [-0.4, -0.2) is 30.2 Å².